The summed E-state index contributed by atoms with van der Waals surface area (Å²) in [7, 11) is 1.50. The molecule has 4 nitrogen and oxygen atoms in total. The van der Waals surface area contributed by atoms with Gasteiger partial charge in [-0.25, -0.2) is 0 Å². The van der Waals surface area contributed by atoms with Crippen molar-refractivity contribution in [1.82, 2.24) is 5.32 Å². The van der Waals surface area contributed by atoms with Gasteiger partial charge in [0.2, 0.25) is 0 Å². The molecule has 2 aromatic carbocycles. The van der Waals surface area contributed by atoms with E-state index in [9.17, 15) is 4.79 Å². The first-order chi connectivity index (χ1) is 12.0. The van der Waals surface area contributed by atoms with Crippen LogP contribution in [0.3, 0.4) is 0 Å². The Kier molecular flexibility index (Phi) is 6.79. The number of hydrogen-bond acceptors (Lipinski definition) is 3. The number of anilines is 1. The Bertz CT molecular complexity index is 780. The Morgan fingerprint density at radius 3 is 2.68 bits per heavy atom. The fraction of sp³-hybridized carbons (Fsp3) is 0.263. The van der Waals surface area contributed by atoms with E-state index in [0.29, 0.717) is 22.3 Å². The van der Waals surface area contributed by atoms with Gasteiger partial charge in [0.1, 0.15) is 5.75 Å². The number of carbonyl (C=O) groups excluding carboxylic acids is 1. The van der Waals surface area contributed by atoms with Crippen molar-refractivity contribution in [2.45, 2.75) is 26.2 Å². The standard InChI is InChI=1S/C19H21ClN2O2S/c1-4-12(2)14-7-5-6-8-16(14)21-19(25)22-18(23)15-11-13(20)9-10-17(15)24-3/h5-12H,4H2,1-3H3,(H2,21,22,23,25)/t12-/m1/s1. The van der Waals surface area contributed by atoms with Crippen LogP contribution in [0.25, 0.3) is 0 Å². The highest BCUT2D eigenvalue weighted by molar-refractivity contribution is 7.80. The summed E-state index contributed by atoms with van der Waals surface area (Å²) in [6.07, 6.45) is 1.01. The third-order valence-electron chi connectivity index (χ3n) is 3.99. The molecule has 0 bridgehead atoms. The second-order valence-corrected chi connectivity index (χ2v) is 6.49. The normalized spacial score (nSPS) is 11.5. The van der Waals surface area contributed by atoms with Crippen LogP contribution in [0, 0.1) is 0 Å². The highest BCUT2D eigenvalue weighted by atomic mass is 35.5. The van der Waals surface area contributed by atoms with E-state index in [2.05, 4.69) is 30.5 Å². The van der Waals surface area contributed by atoms with Gasteiger partial charge >= 0.3 is 0 Å². The maximum atomic E-state index is 12.5. The maximum absolute atomic E-state index is 12.5. The van der Waals surface area contributed by atoms with Crippen LogP contribution in [-0.2, 0) is 0 Å². The summed E-state index contributed by atoms with van der Waals surface area (Å²) in [4.78, 5) is 12.5. The number of hydrogen-bond donors (Lipinski definition) is 2. The first-order valence-corrected chi connectivity index (χ1v) is 8.79. The predicted octanol–water partition coefficient (Wildman–Crippen LogP) is 4.99. The Morgan fingerprint density at radius 2 is 2.00 bits per heavy atom. The Balaban J connectivity index is 2.14. The molecule has 1 atom stereocenters. The van der Waals surface area contributed by atoms with E-state index in [1.165, 1.54) is 7.11 Å². The molecule has 25 heavy (non-hydrogen) atoms. The zero-order valence-electron chi connectivity index (χ0n) is 14.4. The van der Waals surface area contributed by atoms with Gasteiger partial charge in [0.15, 0.2) is 5.11 Å². The zero-order valence-corrected chi connectivity index (χ0v) is 16.0. The average Bonchev–Trinajstić information content (AvgIpc) is 2.61. The van der Waals surface area contributed by atoms with Crippen LogP contribution in [0.5, 0.6) is 5.75 Å². The van der Waals surface area contributed by atoms with Gasteiger partial charge in [-0.05, 0) is 54.4 Å². The molecular weight excluding hydrogens is 356 g/mol. The summed E-state index contributed by atoms with van der Waals surface area (Å²) in [5.74, 6) is 0.442. The molecule has 0 aromatic heterocycles. The number of halogens is 1. The summed E-state index contributed by atoms with van der Waals surface area (Å²) in [5, 5.41) is 6.45. The molecule has 1 amide bonds. The number of nitrogens with one attached hydrogen (secondary N) is 2. The molecule has 0 saturated carbocycles. The first-order valence-electron chi connectivity index (χ1n) is 8.01. The molecule has 2 N–H and O–H groups in total. The topological polar surface area (TPSA) is 50.4 Å². The van der Waals surface area contributed by atoms with Crippen LogP contribution in [0.4, 0.5) is 5.69 Å². The number of rotatable bonds is 5. The molecule has 6 heteroatoms. The summed E-state index contributed by atoms with van der Waals surface area (Å²) in [5.41, 5.74) is 2.37. The lowest BCUT2D eigenvalue weighted by Gasteiger charge is -2.17. The van der Waals surface area contributed by atoms with E-state index in [-0.39, 0.29) is 11.0 Å². The molecule has 0 heterocycles. The predicted molar refractivity (Wildman–Crippen MR) is 107 cm³/mol. The third kappa shape index (κ3) is 4.94. The number of amides is 1. The van der Waals surface area contributed by atoms with Gasteiger partial charge in [0, 0.05) is 10.7 Å². The lowest BCUT2D eigenvalue weighted by atomic mass is 9.97. The smallest absolute Gasteiger partial charge is 0.261 e. The van der Waals surface area contributed by atoms with Gasteiger partial charge in [-0.3, -0.25) is 10.1 Å². The van der Waals surface area contributed by atoms with E-state index >= 15 is 0 Å². The number of methoxy groups -OCH3 is 1. The highest BCUT2D eigenvalue weighted by Crippen LogP contribution is 2.26. The van der Waals surface area contributed by atoms with Gasteiger partial charge in [-0.2, -0.15) is 0 Å². The zero-order chi connectivity index (χ0) is 18.4. The minimum Gasteiger partial charge on any atom is -0.496 e. The molecule has 132 valence electrons. The molecular formula is C19H21ClN2O2S. The second kappa shape index (κ2) is 8.83. The van der Waals surface area contributed by atoms with Crippen LogP contribution in [0.2, 0.25) is 5.02 Å². The largest absolute Gasteiger partial charge is 0.496 e. The molecule has 2 rings (SSSR count). The van der Waals surface area contributed by atoms with Crippen LogP contribution in [-0.4, -0.2) is 18.1 Å². The van der Waals surface area contributed by atoms with Gasteiger partial charge in [0.25, 0.3) is 5.91 Å². The monoisotopic (exact) mass is 376 g/mol. The van der Waals surface area contributed by atoms with Crippen LogP contribution in [0.15, 0.2) is 42.5 Å². The third-order valence-corrected chi connectivity index (χ3v) is 4.42. The van der Waals surface area contributed by atoms with E-state index in [4.69, 9.17) is 28.6 Å². The van der Waals surface area contributed by atoms with E-state index < -0.39 is 0 Å². The number of ether oxygens (including phenoxy) is 1. The van der Waals surface area contributed by atoms with E-state index in [0.717, 1.165) is 17.7 Å². The molecule has 0 radical (unpaired) electrons. The Morgan fingerprint density at radius 1 is 1.28 bits per heavy atom. The van der Waals surface area contributed by atoms with Crippen molar-refractivity contribution in [1.29, 1.82) is 0 Å². The summed E-state index contributed by atoms with van der Waals surface area (Å²) in [6, 6.07) is 12.8. The second-order valence-electron chi connectivity index (χ2n) is 5.65. The molecule has 0 aliphatic heterocycles. The SMILES string of the molecule is CC[C@@H](C)c1ccccc1NC(=S)NC(=O)c1cc(Cl)ccc1OC. The molecule has 0 spiro atoms. The number of carbonyl (C=O) groups is 1. The van der Waals surface area contributed by atoms with Crippen LogP contribution in [0.1, 0.15) is 42.1 Å². The van der Waals surface area contributed by atoms with E-state index in [1.54, 1.807) is 18.2 Å². The number of benzene rings is 2. The quantitative estimate of drug-likeness (QED) is 0.722. The number of thiocarbonyl (C=S) groups is 1. The average molecular weight is 377 g/mol. The van der Waals surface area contributed by atoms with Gasteiger partial charge in [-0.1, -0.05) is 43.6 Å². The van der Waals surface area contributed by atoms with Crippen molar-refractivity contribution in [3.8, 4) is 5.75 Å². The van der Waals surface area contributed by atoms with E-state index in [1.807, 2.05) is 18.2 Å². The first kappa shape index (κ1) is 19.2. The Labute approximate surface area is 158 Å². The summed E-state index contributed by atoms with van der Waals surface area (Å²) >= 11 is 11.3. The maximum Gasteiger partial charge on any atom is 0.261 e. The summed E-state index contributed by atoms with van der Waals surface area (Å²) in [6.45, 7) is 4.28. The molecule has 0 saturated heterocycles. The minimum absolute atomic E-state index is 0.225. The van der Waals surface area contributed by atoms with Crippen LogP contribution < -0.4 is 15.4 Å². The van der Waals surface area contributed by atoms with Crippen molar-refractivity contribution >= 4 is 40.5 Å². The lowest BCUT2D eigenvalue weighted by molar-refractivity contribution is 0.0975. The Hall–Kier alpha value is -2.11. The minimum atomic E-state index is -0.377. The van der Waals surface area contributed by atoms with Crippen molar-refractivity contribution in [3.05, 3.63) is 58.6 Å². The summed E-state index contributed by atoms with van der Waals surface area (Å²) < 4.78 is 5.20. The molecule has 0 aliphatic carbocycles. The lowest BCUT2D eigenvalue weighted by Crippen LogP contribution is -2.34. The number of para-hydroxylation sites is 1. The molecule has 0 unspecified atom stereocenters. The van der Waals surface area contributed by atoms with Crippen LogP contribution >= 0.6 is 23.8 Å². The highest BCUT2D eigenvalue weighted by Gasteiger charge is 2.15. The van der Waals surface area contributed by atoms with Gasteiger partial charge in [0.05, 0.1) is 12.7 Å². The molecule has 0 aliphatic rings. The van der Waals surface area contributed by atoms with Gasteiger partial charge < -0.3 is 10.1 Å². The molecule has 0 fully saturated rings. The van der Waals surface area contributed by atoms with Crippen molar-refractivity contribution in [2.24, 2.45) is 0 Å². The fourth-order valence-corrected chi connectivity index (χ4v) is 2.82. The molecule has 2 aromatic rings. The fourth-order valence-electron chi connectivity index (χ4n) is 2.44. The van der Waals surface area contributed by atoms with Crippen molar-refractivity contribution in [3.63, 3.8) is 0 Å². The van der Waals surface area contributed by atoms with Crippen molar-refractivity contribution in [2.75, 3.05) is 12.4 Å². The van der Waals surface area contributed by atoms with Crippen molar-refractivity contribution < 1.29 is 9.53 Å². The van der Waals surface area contributed by atoms with Gasteiger partial charge in [-0.15, -0.1) is 0 Å².